The summed E-state index contributed by atoms with van der Waals surface area (Å²) in [5, 5.41) is 0. The van der Waals surface area contributed by atoms with Crippen molar-refractivity contribution in [2.75, 3.05) is 33.3 Å². The Hall–Kier alpha value is -2.52. The van der Waals surface area contributed by atoms with Crippen molar-refractivity contribution in [3.8, 4) is 5.75 Å². The van der Waals surface area contributed by atoms with Gasteiger partial charge in [0.2, 0.25) is 10.0 Å². The van der Waals surface area contributed by atoms with Gasteiger partial charge in [-0.1, -0.05) is 12.1 Å². The molecule has 1 aliphatic rings. The van der Waals surface area contributed by atoms with Crippen LogP contribution in [0, 0.1) is 11.6 Å². The first-order valence-corrected chi connectivity index (χ1v) is 9.66. The Morgan fingerprint density at radius 2 is 1.70 bits per heavy atom. The fourth-order valence-corrected chi connectivity index (χ4v) is 4.41. The van der Waals surface area contributed by atoms with Crippen LogP contribution in [0.5, 0.6) is 5.75 Å². The van der Waals surface area contributed by atoms with Gasteiger partial charge in [-0.15, -0.1) is 0 Å². The second-order valence-corrected chi connectivity index (χ2v) is 7.88. The molecule has 2 aromatic rings. The van der Waals surface area contributed by atoms with E-state index in [1.54, 1.807) is 24.3 Å². The largest absolute Gasteiger partial charge is 0.496 e. The zero-order chi connectivity index (χ0) is 19.6. The Bertz CT molecular complexity index is 958. The van der Waals surface area contributed by atoms with E-state index in [0.717, 1.165) is 16.4 Å². The van der Waals surface area contributed by atoms with Gasteiger partial charge in [0.1, 0.15) is 22.3 Å². The molecule has 0 saturated carbocycles. The topological polar surface area (TPSA) is 66.9 Å². The maximum atomic E-state index is 13.9. The monoisotopic (exact) mass is 396 g/mol. The van der Waals surface area contributed by atoms with E-state index in [0.29, 0.717) is 17.4 Å². The molecule has 0 bridgehead atoms. The van der Waals surface area contributed by atoms with Crippen LogP contribution in [-0.2, 0) is 10.0 Å². The van der Waals surface area contributed by atoms with Gasteiger partial charge in [0.15, 0.2) is 0 Å². The van der Waals surface area contributed by atoms with Gasteiger partial charge in [0.05, 0.1) is 12.7 Å². The second kappa shape index (κ2) is 7.61. The van der Waals surface area contributed by atoms with Crippen LogP contribution >= 0.6 is 0 Å². The third kappa shape index (κ3) is 3.79. The third-order valence-corrected chi connectivity index (χ3v) is 6.31. The zero-order valence-electron chi connectivity index (χ0n) is 14.6. The van der Waals surface area contributed by atoms with Crippen LogP contribution in [0.25, 0.3) is 0 Å². The maximum absolute atomic E-state index is 13.9. The van der Waals surface area contributed by atoms with E-state index in [1.807, 2.05) is 0 Å². The highest BCUT2D eigenvalue weighted by Crippen LogP contribution is 2.23. The van der Waals surface area contributed by atoms with E-state index in [4.69, 9.17) is 4.74 Å². The molecule has 0 aromatic heterocycles. The number of hydrogen-bond acceptors (Lipinski definition) is 4. The lowest BCUT2D eigenvalue weighted by atomic mass is 10.1. The van der Waals surface area contributed by atoms with Crippen molar-refractivity contribution in [3.05, 3.63) is 59.7 Å². The summed E-state index contributed by atoms with van der Waals surface area (Å²) in [6.07, 6.45) is 0. The third-order valence-electron chi connectivity index (χ3n) is 4.37. The molecule has 0 atom stereocenters. The number of para-hydroxylation sites is 1. The molecule has 144 valence electrons. The maximum Gasteiger partial charge on any atom is 0.257 e. The first-order chi connectivity index (χ1) is 12.8. The smallest absolute Gasteiger partial charge is 0.257 e. The number of hydrogen-bond donors (Lipinski definition) is 0. The van der Waals surface area contributed by atoms with E-state index in [9.17, 15) is 22.0 Å². The number of carbonyl (C=O) groups is 1. The van der Waals surface area contributed by atoms with E-state index in [-0.39, 0.29) is 32.1 Å². The average molecular weight is 396 g/mol. The number of rotatable bonds is 4. The predicted octanol–water partition coefficient (Wildman–Crippen LogP) is 2.12. The molecule has 1 amide bonds. The molecule has 3 rings (SSSR count). The quantitative estimate of drug-likeness (QED) is 0.794. The molecule has 0 unspecified atom stereocenters. The minimum atomic E-state index is -4.11. The van der Waals surface area contributed by atoms with Crippen LogP contribution < -0.4 is 4.74 Å². The lowest BCUT2D eigenvalue weighted by Gasteiger charge is -2.34. The van der Waals surface area contributed by atoms with Crippen molar-refractivity contribution in [3.63, 3.8) is 0 Å². The first kappa shape index (κ1) is 19.2. The standard InChI is InChI=1S/C18H18F2N2O4S/c1-26-16-5-3-2-4-14(16)18(23)21-8-10-22(11-9-21)27(24,25)17-7-6-13(19)12-15(17)20/h2-7,12H,8-11H2,1H3. The minimum absolute atomic E-state index is 0.0139. The number of nitrogens with zero attached hydrogens (tertiary/aromatic N) is 2. The van der Waals surface area contributed by atoms with Crippen LogP contribution in [0.3, 0.4) is 0 Å². The first-order valence-electron chi connectivity index (χ1n) is 8.22. The molecule has 0 spiro atoms. The Balaban J connectivity index is 1.74. The summed E-state index contributed by atoms with van der Waals surface area (Å²) in [6, 6.07) is 9.12. The van der Waals surface area contributed by atoms with Crippen LogP contribution in [0.1, 0.15) is 10.4 Å². The zero-order valence-corrected chi connectivity index (χ0v) is 15.4. The number of ether oxygens (including phenoxy) is 1. The average Bonchev–Trinajstić information content (AvgIpc) is 2.67. The summed E-state index contributed by atoms with van der Waals surface area (Å²) in [5.41, 5.74) is 0.390. The van der Waals surface area contributed by atoms with Gasteiger partial charge in [-0.25, -0.2) is 17.2 Å². The van der Waals surface area contributed by atoms with Crippen molar-refractivity contribution in [2.24, 2.45) is 0 Å². The van der Waals surface area contributed by atoms with Crippen molar-refractivity contribution in [1.29, 1.82) is 0 Å². The molecule has 1 saturated heterocycles. The Labute approximate surface area is 156 Å². The molecule has 0 N–H and O–H groups in total. The predicted molar refractivity (Wildman–Crippen MR) is 94.0 cm³/mol. The Kier molecular flexibility index (Phi) is 5.43. The number of halogens is 2. The number of amides is 1. The van der Waals surface area contributed by atoms with Gasteiger partial charge in [0, 0.05) is 32.2 Å². The highest BCUT2D eigenvalue weighted by Gasteiger charge is 2.32. The Morgan fingerprint density at radius 1 is 1.04 bits per heavy atom. The molecular formula is C18H18F2N2O4S. The summed E-state index contributed by atoms with van der Waals surface area (Å²) in [5.74, 6) is -1.82. The summed E-state index contributed by atoms with van der Waals surface area (Å²) in [4.78, 5) is 13.6. The van der Waals surface area contributed by atoms with Crippen LogP contribution in [0.4, 0.5) is 8.78 Å². The molecule has 1 fully saturated rings. The lowest BCUT2D eigenvalue weighted by molar-refractivity contribution is 0.0694. The normalized spacial score (nSPS) is 15.6. The van der Waals surface area contributed by atoms with E-state index in [2.05, 4.69) is 0 Å². The summed E-state index contributed by atoms with van der Waals surface area (Å²) < 4.78 is 58.4. The van der Waals surface area contributed by atoms with Crippen LogP contribution in [0.15, 0.2) is 47.4 Å². The lowest BCUT2D eigenvalue weighted by Crippen LogP contribution is -2.50. The highest BCUT2D eigenvalue weighted by molar-refractivity contribution is 7.89. The van der Waals surface area contributed by atoms with Crippen molar-refractivity contribution in [2.45, 2.75) is 4.90 Å². The molecule has 2 aromatic carbocycles. The number of sulfonamides is 1. The fourth-order valence-electron chi connectivity index (χ4n) is 2.95. The summed E-state index contributed by atoms with van der Waals surface area (Å²) >= 11 is 0. The van der Waals surface area contributed by atoms with Crippen molar-refractivity contribution in [1.82, 2.24) is 9.21 Å². The molecule has 1 heterocycles. The van der Waals surface area contributed by atoms with Gasteiger partial charge >= 0.3 is 0 Å². The second-order valence-electron chi connectivity index (χ2n) is 5.97. The number of benzene rings is 2. The number of methoxy groups -OCH3 is 1. The van der Waals surface area contributed by atoms with E-state index < -0.39 is 26.6 Å². The molecule has 0 aliphatic carbocycles. The summed E-state index contributed by atoms with van der Waals surface area (Å²) in [6.45, 7) is 0.331. The van der Waals surface area contributed by atoms with Gasteiger partial charge in [-0.05, 0) is 24.3 Å². The van der Waals surface area contributed by atoms with Crippen LogP contribution in [0.2, 0.25) is 0 Å². The minimum Gasteiger partial charge on any atom is -0.496 e. The van der Waals surface area contributed by atoms with E-state index >= 15 is 0 Å². The van der Waals surface area contributed by atoms with Gasteiger partial charge in [0.25, 0.3) is 5.91 Å². The van der Waals surface area contributed by atoms with Gasteiger partial charge < -0.3 is 9.64 Å². The van der Waals surface area contributed by atoms with Gasteiger partial charge in [-0.3, -0.25) is 4.79 Å². The number of carbonyl (C=O) groups excluding carboxylic acids is 1. The summed E-state index contributed by atoms with van der Waals surface area (Å²) in [7, 11) is -2.64. The van der Waals surface area contributed by atoms with Gasteiger partial charge in [-0.2, -0.15) is 4.31 Å². The molecule has 27 heavy (non-hydrogen) atoms. The SMILES string of the molecule is COc1ccccc1C(=O)N1CCN(S(=O)(=O)c2ccc(F)cc2F)CC1. The molecule has 9 heteroatoms. The number of piperazine rings is 1. The molecule has 0 radical (unpaired) electrons. The molecule has 1 aliphatic heterocycles. The Morgan fingerprint density at radius 3 is 2.33 bits per heavy atom. The van der Waals surface area contributed by atoms with E-state index in [1.165, 1.54) is 12.0 Å². The van der Waals surface area contributed by atoms with Crippen molar-refractivity contribution < 1.29 is 26.7 Å². The fraction of sp³-hybridized carbons (Fsp3) is 0.278. The molecular weight excluding hydrogens is 378 g/mol. The molecule has 6 nitrogen and oxygen atoms in total. The van der Waals surface area contributed by atoms with Crippen LogP contribution in [-0.4, -0.2) is 56.8 Å². The highest BCUT2D eigenvalue weighted by atomic mass is 32.2. The van der Waals surface area contributed by atoms with Crippen molar-refractivity contribution >= 4 is 15.9 Å².